The van der Waals surface area contributed by atoms with Gasteiger partial charge in [0.2, 0.25) is 11.1 Å². The molecule has 0 atom stereocenters. The molecule has 0 saturated carbocycles. The smallest absolute Gasteiger partial charge is 0.230 e. The fourth-order valence-electron chi connectivity index (χ4n) is 1.36. The van der Waals surface area contributed by atoms with Crippen LogP contribution in [0.3, 0.4) is 0 Å². The third-order valence-corrected chi connectivity index (χ3v) is 3.25. The van der Waals surface area contributed by atoms with Crippen molar-refractivity contribution in [3.63, 3.8) is 0 Å². The summed E-state index contributed by atoms with van der Waals surface area (Å²) < 4.78 is 1.39. The van der Waals surface area contributed by atoms with Crippen molar-refractivity contribution in [3.05, 3.63) is 30.3 Å². The number of hydrogen-bond donors (Lipinski definition) is 2. The van der Waals surface area contributed by atoms with E-state index in [0.29, 0.717) is 11.0 Å². The summed E-state index contributed by atoms with van der Waals surface area (Å²) in [5.41, 5.74) is 0.888. The Morgan fingerprint density at radius 3 is 2.78 bits per heavy atom. The Morgan fingerprint density at radius 1 is 1.39 bits per heavy atom. The summed E-state index contributed by atoms with van der Waals surface area (Å²) in [7, 11) is 1.59. The van der Waals surface area contributed by atoms with Crippen molar-refractivity contribution < 1.29 is 4.79 Å². The molecule has 7 heteroatoms. The van der Waals surface area contributed by atoms with Gasteiger partial charge in [0.15, 0.2) is 5.82 Å². The molecule has 0 spiro atoms. The number of nitrogen functional groups attached to an aromatic ring is 1. The minimum Gasteiger partial charge on any atom is -0.358 e. The Balaban J connectivity index is 2.17. The number of carbonyl (C=O) groups is 1. The van der Waals surface area contributed by atoms with Crippen LogP contribution in [0.25, 0.3) is 11.4 Å². The summed E-state index contributed by atoms with van der Waals surface area (Å²) in [5.74, 6) is 6.67. The molecule has 3 N–H and O–H groups in total. The van der Waals surface area contributed by atoms with Crippen molar-refractivity contribution in [2.45, 2.75) is 5.16 Å². The standard InChI is InChI=1S/C11H13N5OS/c1-13-9(17)7-18-11-15-14-10(16(11)12)8-5-3-2-4-6-8/h2-6H,7,12H2,1H3,(H,13,17). The number of rotatable bonds is 4. The van der Waals surface area contributed by atoms with Crippen LogP contribution in [0.5, 0.6) is 0 Å². The topological polar surface area (TPSA) is 85.8 Å². The van der Waals surface area contributed by atoms with Crippen LogP contribution in [0.15, 0.2) is 35.5 Å². The van der Waals surface area contributed by atoms with Gasteiger partial charge in [-0.1, -0.05) is 42.1 Å². The predicted octanol–water partition coefficient (Wildman–Crippen LogP) is 0.497. The highest BCUT2D eigenvalue weighted by Gasteiger charge is 2.12. The van der Waals surface area contributed by atoms with Gasteiger partial charge in [-0.15, -0.1) is 10.2 Å². The van der Waals surface area contributed by atoms with E-state index in [1.807, 2.05) is 30.3 Å². The summed E-state index contributed by atoms with van der Waals surface area (Å²) in [6.07, 6.45) is 0. The van der Waals surface area contributed by atoms with E-state index in [0.717, 1.165) is 5.56 Å². The molecule has 0 radical (unpaired) electrons. The molecule has 18 heavy (non-hydrogen) atoms. The van der Waals surface area contributed by atoms with Gasteiger partial charge in [-0.3, -0.25) is 4.79 Å². The van der Waals surface area contributed by atoms with Gasteiger partial charge < -0.3 is 11.2 Å². The van der Waals surface area contributed by atoms with Crippen LogP contribution in [0.4, 0.5) is 0 Å². The van der Waals surface area contributed by atoms with Gasteiger partial charge in [-0.05, 0) is 0 Å². The first-order valence-corrected chi connectivity index (χ1v) is 6.30. The molecule has 0 aliphatic carbocycles. The molecule has 0 unspecified atom stereocenters. The molecule has 2 rings (SSSR count). The van der Waals surface area contributed by atoms with Crippen LogP contribution in [0, 0.1) is 0 Å². The second kappa shape index (κ2) is 5.54. The summed E-state index contributed by atoms with van der Waals surface area (Å²) in [4.78, 5) is 11.1. The lowest BCUT2D eigenvalue weighted by atomic mass is 10.2. The molecule has 0 saturated heterocycles. The van der Waals surface area contributed by atoms with Crippen molar-refractivity contribution in [2.75, 3.05) is 18.6 Å². The van der Waals surface area contributed by atoms with Gasteiger partial charge in [0.05, 0.1) is 5.75 Å². The Bertz CT molecular complexity index is 540. The van der Waals surface area contributed by atoms with E-state index in [1.165, 1.54) is 16.4 Å². The molecule has 1 aromatic heterocycles. The number of hydrogen-bond acceptors (Lipinski definition) is 5. The number of benzene rings is 1. The van der Waals surface area contributed by atoms with E-state index in [2.05, 4.69) is 15.5 Å². The van der Waals surface area contributed by atoms with Crippen molar-refractivity contribution in [3.8, 4) is 11.4 Å². The van der Waals surface area contributed by atoms with Crippen LogP contribution >= 0.6 is 11.8 Å². The quantitative estimate of drug-likeness (QED) is 0.619. The first-order chi connectivity index (χ1) is 8.72. The largest absolute Gasteiger partial charge is 0.358 e. The van der Waals surface area contributed by atoms with Crippen LogP contribution < -0.4 is 11.2 Å². The van der Waals surface area contributed by atoms with Crippen LogP contribution in [-0.2, 0) is 4.79 Å². The van der Waals surface area contributed by atoms with Crippen LogP contribution in [-0.4, -0.2) is 33.6 Å². The molecule has 0 fully saturated rings. The molecule has 2 aromatic rings. The zero-order valence-corrected chi connectivity index (χ0v) is 10.6. The number of thioether (sulfide) groups is 1. The lowest BCUT2D eigenvalue weighted by Gasteiger charge is -2.03. The number of aromatic nitrogens is 3. The van der Waals surface area contributed by atoms with E-state index in [9.17, 15) is 4.79 Å². The summed E-state index contributed by atoms with van der Waals surface area (Å²) in [6.45, 7) is 0. The number of nitrogens with one attached hydrogen (secondary N) is 1. The van der Waals surface area contributed by atoms with Crippen molar-refractivity contribution in [2.24, 2.45) is 0 Å². The van der Waals surface area contributed by atoms with E-state index in [4.69, 9.17) is 5.84 Å². The molecule has 0 aliphatic rings. The summed E-state index contributed by atoms with van der Waals surface area (Å²) >= 11 is 1.25. The fourth-order valence-corrected chi connectivity index (χ4v) is 2.09. The predicted molar refractivity (Wildman–Crippen MR) is 70.4 cm³/mol. The van der Waals surface area contributed by atoms with Crippen molar-refractivity contribution in [1.29, 1.82) is 0 Å². The molecular formula is C11H13N5OS. The minimum absolute atomic E-state index is 0.0794. The second-order valence-electron chi connectivity index (χ2n) is 3.50. The second-order valence-corrected chi connectivity index (χ2v) is 4.45. The minimum atomic E-state index is -0.0794. The maximum Gasteiger partial charge on any atom is 0.230 e. The van der Waals surface area contributed by atoms with E-state index < -0.39 is 0 Å². The average molecular weight is 263 g/mol. The van der Waals surface area contributed by atoms with Gasteiger partial charge in [0.25, 0.3) is 0 Å². The Labute approximate surface area is 109 Å². The molecule has 0 bridgehead atoms. The first-order valence-electron chi connectivity index (χ1n) is 5.31. The van der Waals surface area contributed by atoms with Crippen molar-refractivity contribution in [1.82, 2.24) is 20.2 Å². The molecule has 1 aromatic carbocycles. The highest BCUT2D eigenvalue weighted by molar-refractivity contribution is 7.99. The first kappa shape index (κ1) is 12.4. The molecule has 0 aliphatic heterocycles. The van der Waals surface area contributed by atoms with Gasteiger partial charge in [-0.2, -0.15) is 0 Å². The zero-order chi connectivity index (χ0) is 13.0. The maximum absolute atomic E-state index is 11.1. The van der Waals surface area contributed by atoms with E-state index in [1.54, 1.807) is 7.05 Å². The normalized spacial score (nSPS) is 10.3. The van der Waals surface area contributed by atoms with Gasteiger partial charge in [0.1, 0.15) is 0 Å². The number of nitrogens with two attached hydrogens (primary N) is 1. The van der Waals surface area contributed by atoms with Crippen LogP contribution in [0.1, 0.15) is 0 Å². The van der Waals surface area contributed by atoms with Crippen LogP contribution in [0.2, 0.25) is 0 Å². The average Bonchev–Trinajstić information content (AvgIpc) is 2.78. The maximum atomic E-state index is 11.1. The lowest BCUT2D eigenvalue weighted by molar-refractivity contribution is -0.118. The highest BCUT2D eigenvalue weighted by atomic mass is 32.2. The fraction of sp³-hybridized carbons (Fsp3) is 0.182. The highest BCUT2D eigenvalue weighted by Crippen LogP contribution is 2.20. The Morgan fingerprint density at radius 2 is 2.11 bits per heavy atom. The third kappa shape index (κ3) is 2.62. The molecule has 94 valence electrons. The number of nitrogens with zero attached hydrogens (tertiary/aromatic N) is 3. The number of carbonyl (C=O) groups excluding carboxylic acids is 1. The van der Waals surface area contributed by atoms with Gasteiger partial charge >= 0.3 is 0 Å². The summed E-state index contributed by atoms with van der Waals surface area (Å²) in [6, 6.07) is 9.53. The molecule has 1 heterocycles. The van der Waals surface area contributed by atoms with E-state index in [-0.39, 0.29) is 11.7 Å². The molecule has 1 amide bonds. The molecular weight excluding hydrogens is 250 g/mol. The summed E-state index contributed by atoms with van der Waals surface area (Å²) in [5, 5.41) is 11.0. The third-order valence-electron chi connectivity index (χ3n) is 2.31. The SMILES string of the molecule is CNC(=O)CSc1nnc(-c2ccccc2)n1N. The monoisotopic (exact) mass is 263 g/mol. The van der Waals surface area contributed by atoms with Gasteiger partial charge in [-0.25, -0.2) is 4.68 Å². The molecule has 6 nitrogen and oxygen atoms in total. The lowest BCUT2D eigenvalue weighted by Crippen LogP contribution is -2.20. The Hall–Kier alpha value is -2.02. The Kier molecular flexibility index (Phi) is 3.83. The van der Waals surface area contributed by atoms with Gasteiger partial charge in [0, 0.05) is 12.6 Å². The van der Waals surface area contributed by atoms with E-state index >= 15 is 0 Å². The number of amides is 1. The van der Waals surface area contributed by atoms with Crippen molar-refractivity contribution >= 4 is 17.7 Å². The zero-order valence-electron chi connectivity index (χ0n) is 9.83.